The summed E-state index contributed by atoms with van der Waals surface area (Å²) in [5.41, 5.74) is 10.0. The number of rotatable bonds is 13. The molecule has 3 heterocycles. The summed E-state index contributed by atoms with van der Waals surface area (Å²) in [5.74, 6) is -0.467. The predicted molar refractivity (Wildman–Crippen MR) is 241 cm³/mol. The van der Waals surface area contributed by atoms with E-state index in [0.29, 0.717) is 43.0 Å². The molecule has 2 aliphatic heterocycles. The molecule has 4 atom stereocenters. The van der Waals surface area contributed by atoms with Crippen molar-refractivity contribution in [3.63, 3.8) is 0 Å². The average Bonchev–Trinajstić information content (AvgIpc) is 3.75. The van der Waals surface area contributed by atoms with E-state index in [1.54, 1.807) is 6.07 Å². The monoisotopic (exact) mass is 856 g/mol. The number of benzene rings is 4. The van der Waals surface area contributed by atoms with Crippen LogP contribution in [-0.4, -0.2) is 61.1 Å². The maximum Gasteiger partial charge on any atom is 0.328 e. The van der Waals surface area contributed by atoms with Gasteiger partial charge in [-0.2, -0.15) is 0 Å². The van der Waals surface area contributed by atoms with Crippen molar-refractivity contribution in [1.29, 1.82) is 0 Å². The Morgan fingerprint density at radius 2 is 1.68 bits per heavy atom. The van der Waals surface area contributed by atoms with Gasteiger partial charge in [-0.05, 0) is 132 Å². The Labute approximate surface area is 369 Å². The first-order valence-corrected chi connectivity index (χ1v) is 22.4. The zero-order valence-electron chi connectivity index (χ0n) is 37.0. The van der Waals surface area contributed by atoms with Crippen molar-refractivity contribution in [2.75, 3.05) is 32.1 Å². The average molecular weight is 857 g/mol. The van der Waals surface area contributed by atoms with Gasteiger partial charge in [0.2, 0.25) is 5.91 Å². The molecule has 330 valence electrons. The number of ether oxygens (including phenoxy) is 3. The van der Waals surface area contributed by atoms with Gasteiger partial charge in [0.15, 0.2) is 11.6 Å². The number of nitrogens with one attached hydrogen (secondary N) is 1. The number of fused-ring (bicyclic) bond motifs is 2. The van der Waals surface area contributed by atoms with Gasteiger partial charge in [0.25, 0.3) is 0 Å². The molecule has 5 aromatic rings. The second-order valence-electron chi connectivity index (χ2n) is 17.5. The number of carbonyl (C=O) groups is 2. The summed E-state index contributed by atoms with van der Waals surface area (Å²) in [6, 6.07) is 24.9. The number of anilines is 1. The molecule has 63 heavy (non-hydrogen) atoms. The van der Waals surface area contributed by atoms with Crippen molar-refractivity contribution in [1.82, 2.24) is 15.2 Å². The molecule has 1 aliphatic carbocycles. The van der Waals surface area contributed by atoms with E-state index in [2.05, 4.69) is 58.3 Å². The molecule has 1 aromatic heterocycles. The Bertz CT molecular complexity index is 2420. The molecule has 0 unspecified atom stereocenters. The molecule has 1 N–H and O–H groups in total. The van der Waals surface area contributed by atoms with E-state index in [0.717, 1.165) is 94.5 Å². The minimum atomic E-state index is -0.890. The number of halogens is 2. The Morgan fingerprint density at radius 3 is 2.40 bits per heavy atom. The van der Waals surface area contributed by atoms with Gasteiger partial charge >= 0.3 is 5.97 Å². The molecule has 3 aliphatic rings. The third-order valence-electron chi connectivity index (χ3n) is 13.4. The lowest BCUT2D eigenvalue weighted by Gasteiger charge is -2.38. The van der Waals surface area contributed by atoms with Crippen molar-refractivity contribution in [2.24, 2.45) is 5.92 Å². The molecule has 11 heteroatoms. The maximum atomic E-state index is 14.5. The first-order valence-electron chi connectivity index (χ1n) is 22.4. The smallest absolute Gasteiger partial charge is 0.328 e. The summed E-state index contributed by atoms with van der Waals surface area (Å²) in [4.78, 5) is 36.7. The molecule has 1 fully saturated rings. The number of hydrogen-bond donors (Lipinski definition) is 1. The summed E-state index contributed by atoms with van der Waals surface area (Å²) < 4.78 is 45.9. The molecule has 9 nitrogen and oxygen atoms in total. The zero-order chi connectivity index (χ0) is 44.2. The van der Waals surface area contributed by atoms with E-state index < -0.39 is 35.8 Å². The highest BCUT2D eigenvalue weighted by atomic mass is 19.2. The Kier molecular flexibility index (Phi) is 13.4. The van der Waals surface area contributed by atoms with Crippen LogP contribution < -0.4 is 19.7 Å². The Morgan fingerprint density at radius 1 is 0.921 bits per heavy atom. The maximum absolute atomic E-state index is 14.5. The fourth-order valence-corrected chi connectivity index (χ4v) is 9.54. The van der Waals surface area contributed by atoms with Gasteiger partial charge in [0.1, 0.15) is 29.7 Å². The van der Waals surface area contributed by atoms with E-state index in [-0.39, 0.29) is 12.0 Å². The van der Waals surface area contributed by atoms with Crippen LogP contribution in [0.25, 0.3) is 11.1 Å². The van der Waals surface area contributed by atoms with Gasteiger partial charge in [-0.3, -0.25) is 14.7 Å². The van der Waals surface area contributed by atoms with Crippen molar-refractivity contribution in [3.05, 3.63) is 142 Å². The van der Waals surface area contributed by atoms with Crippen molar-refractivity contribution < 1.29 is 32.6 Å². The van der Waals surface area contributed by atoms with Crippen LogP contribution >= 0.6 is 0 Å². The van der Waals surface area contributed by atoms with E-state index in [4.69, 9.17) is 14.2 Å². The van der Waals surface area contributed by atoms with Crippen LogP contribution in [0.3, 0.4) is 0 Å². The Balaban J connectivity index is 0.991. The first kappa shape index (κ1) is 43.8. The van der Waals surface area contributed by atoms with E-state index >= 15 is 0 Å². The third kappa shape index (κ3) is 9.89. The van der Waals surface area contributed by atoms with Crippen LogP contribution in [0.2, 0.25) is 0 Å². The number of carbonyl (C=O) groups excluding carboxylic acids is 2. The topological polar surface area (TPSA) is 93.2 Å². The normalized spacial score (nSPS) is 18.7. The fourth-order valence-electron chi connectivity index (χ4n) is 9.54. The summed E-state index contributed by atoms with van der Waals surface area (Å²) >= 11 is 0. The highest BCUT2D eigenvalue weighted by molar-refractivity contribution is 5.88. The Hall–Kier alpha value is -5.81. The molecule has 1 amide bonds. The predicted octanol–water partition coefficient (Wildman–Crippen LogP) is 9.95. The molecular weight excluding hydrogens is 799 g/mol. The number of methoxy groups -OCH3 is 1. The van der Waals surface area contributed by atoms with Crippen LogP contribution in [0.5, 0.6) is 11.5 Å². The lowest BCUT2D eigenvalue weighted by atomic mass is 9.90. The SMILES string of the molecule is CC[C@@H](Oc1ccc([C@H]2CCN(C)c3cc4c(cc3O2)CN(CC2CCCC2)[C@H](C(=O)N[C@@H](Cc2ccc(-c3ccnc(C)c3C)cc2)C(=O)OC)C4)cc1)c1ccc(F)c(F)c1. The van der Waals surface area contributed by atoms with Gasteiger partial charge in [-0.1, -0.05) is 62.2 Å². The minimum Gasteiger partial charge on any atom is -0.486 e. The van der Waals surface area contributed by atoms with Crippen LogP contribution in [0.15, 0.2) is 91.1 Å². The summed E-state index contributed by atoms with van der Waals surface area (Å²) in [5, 5.41) is 3.13. The second kappa shape index (κ2) is 19.3. The van der Waals surface area contributed by atoms with E-state index in [1.165, 1.54) is 26.0 Å². The number of nitrogens with zero attached hydrogens (tertiary/aromatic N) is 3. The highest BCUT2D eigenvalue weighted by Gasteiger charge is 2.37. The first-order chi connectivity index (χ1) is 30.5. The second-order valence-corrected chi connectivity index (χ2v) is 17.5. The van der Waals surface area contributed by atoms with E-state index in [1.807, 2.05) is 62.5 Å². The number of aryl methyl sites for hydroxylation is 1. The summed E-state index contributed by atoms with van der Waals surface area (Å²) in [6.07, 6.45) is 8.04. The standard InChI is InChI=1S/C52H58F2N4O5/c1-6-48(38-17-20-43(53)44(54)26-38)62-41-18-15-37(16-19-41)49-22-24-57(4)46-27-39-28-47(58(30-35-9-7-8-10-35)31-40(39)29-50(46)63-49)51(59)56-45(52(60)61-5)25-34-11-13-36(14-12-34)42-21-23-55-33(3)32(42)2/h11-21,23,26-27,29,35,45,47-49H,6-10,22,24-25,28,30-31H2,1-5H3,(H,56,59)/t45-,47-,48+,49+/m0/s1. The molecule has 0 bridgehead atoms. The number of esters is 1. The van der Waals surface area contributed by atoms with Gasteiger partial charge in [-0.15, -0.1) is 0 Å². The van der Waals surface area contributed by atoms with Crippen molar-refractivity contribution >= 4 is 17.6 Å². The molecule has 8 rings (SSSR count). The molecule has 0 radical (unpaired) electrons. The quantitative estimate of drug-likeness (QED) is 0.117. The van der Waals surface area contributed by atoms with Gasteiger partial charge in [0.05, 0.1) is 18.8 Å². The lowest BCUT2D eigenvalue weighted by Crippen LogP contribution is -2.55. The summed E-state index contributed by atoms with van der Waals surface area (Å²) in [6.45, 7) is 8.17. The van der Waals surface area contributed by atoms with Crippen LogP contribution in [-0.2, 0) is 33.7 Å². The number of hydrogen-bond acceptors (Lipinski definition) is 8. The molecule has 0 saturated heterocycles. The number of pyridine rings is 1. The van der Waals surface area contributed by atoms with Gasteiger partial charge in [0, 0.05) is 51.4 Å². The van der Waals surface area contributed by atoms with Crippen LogP contribution in [0.4, 0.5) is 14.5 Å². The summed E-state index contributed by atoms with van der Waals surface area (Å²) in [7, 11) is 3.44. The highest BCUT2D eigenvalue weighted by Crippen LogP contribution is 2.42. The zero-order valence-corrected chi connectivity index (χ0v) is 37.0. The van der Waals surface area contributed by atoms with Gasteiger partial charge in [-0.25, -0.2) is 13.6 Å². The number of aromatic nitrogens is 1. The minimum absolute atomic E-state index is 0.171. The largest absolute Gasteiger partial charge is 0.486 e. The van der Waals surface area contributed by atoms with Crippen molar-refractivity contribution in [3.8, 4) is 22.6 Å². The van der Waals surface area contributed by atoms with E-state index in [9.17, 15) is 18.4 Å². The molecule has 0 spiro atoms. The fraction of sp³-hybridized carbons (Fsp3) is 0.404. The third-order valence-corrected chi connectivity index (χ3v) is 13.4. The molecular formula is C52H58F2N4O5. The van der Waals surface area contributed by atoms with Crippen LogP contribution in [0.1, 0.15) is 96.7 Å². The van der Waals surface area contributed by atoms with Gasteiger partial charge < -0.3 is 24.4 Å². The van der Waals surface area contributed by atoms with Crippen LogP contribution in [0, 0.1) is 31.4 Å². The molecule has 4 aromatic carbocycles. The van der Waals surface area contributed by atoms with Crippen molar-refractivity contribution in [2.45, 2.75) is 103 Å². The number of amides is 1. The molecule has 1 saturated carbocycles. The lowest BCUT2D eigenvalue weighted by molar-refractivity contribution is -0.145.